The standard InChI is InChI=1S/C17H22N4O2S/c1-11-8-14(12(2)19-11)15(22)10-21-6-3-4-13(9-21)16(23)20-17-18-5-7-24-17/h5,7-8,13,19H,3-4,6,9-10H2,1-2H3,(H,18,20,23). The van der Waals surface area contributed by atoms with Gasteiger partial charge in [-0.3, -0.25) is 14.5 Å². The number of hydrogen-bond acceptors (Lipinski definition) is 5. The molecule has 1 aliphatic heterocycles. The Morgan fingerprint density at radius 2 is 2.29 bits per heavy atom. The van der Waals surface area contributed by atoms with E-state index in [1.54, 1.807) is 6.20 Å². The van der Waals surface area contributed by atoms with Crippen molar-refractivity contribution < 1.29 is 9.59 Å². The van der Waals surface area contributed by atoms with Crippen LogP contribution in [0.25, 0.3) is 0 Å². The summed E-state index contributed by atoms with van der Waals surface area (Å²) in [5, 5.41) is 5.33. The molecule has 6 nitrogen and oxygen atoms in total. The minimum Gasteiger partial charge on any atom is -0.362 e. The van der Waals surface area contributed by atoms with E-state index in [4.69, 9.17) is 0 Å². The molecule has 0 bridgehead atoms. The van der Waals surface area contributed by atoms with Gasteiger partial charge in [-0.25, -0.2) is 4.98 Å². The number of nitrogens with one attached hydrogen (secondary N) is 2. The topological polar surface area (TPSA) is 78.1 Å². The zero-order valence-corrected chi connectivity index (χ0v) is 14.8. The van der Waals surface area contributed by atoms with Crippen LogP contribution >= 0.6 is 11.3 Å². The number of nitrogens with zero attached hydrogens (tertiary/aromatic N) is 2. The molecule has 1 fully saturated rings. The van der Waals surface area contributed by atoms with Crippen molar-refractivity contribution in [1.29, 1.82) is 0 Å². The average Bonchev–Trinajstić information content (AvgIpc) is 3.17. The number of hydrogen-bond donors (Lipinski definition) is 2. The van der Waals surface area contributed by atoms with Crippen molar-refractivity contribution in [1.82, 2.24) is 14.9 Å². The Morgan fingerprint density at radius 3 is 2.96 bits per heavy atom. The molecule has 0 spiro atoms. The molecule has 3 heterocycles. The highest BCUT2D eigenvalue weighted by Crippen LogP contribution is 2.20. The Balaban J connectivity index is 1.58. The number of Topliss-reactive ketones (excluding diaryl/α,β-unsaturated/α-hetero) is 1. The molecule has 0 radical (unpaired) electrons. The highest BCUT2D eigenvalue weighted by molar-refractivity contribution is 7.13. The van der Waals surface area contributed by atoms with Crippen LogP contribution in [-0.4, -0.2) is 46.2 Å². The fourth-order valence-corrected chi connectivity index (χ4v) is 3.74. The second kappa shape index (κ2) is 7.27. The first-order valence-corrected chi connectivity index (χ1v) is 9.03. The van der Waals surface area contributed by atoms with Gasteiger partial charge in [0.15, 0.2) is 10.9 Å². The smallest absolute Gasteiger partial charge is 0.230 e. The fourth-order valence-electron chi connectivity index (χ4n) is 3.21. The highest BCUT2D eigenvalue weighted by atomic mass is 32.1. The molecular weight excluding hydrogens is 324 g/mol. The molecule has 0 aromatic carbocycles. The summed E-state index contributed by atoms with van der Waals surface area (Å²) in [6.45, 7) is 5.70. The van der Waals surface area contributed by atoms with Crippen LogP contribution < -0.4 is 5.32 Å². The number of aromatic amines is 1. The maximum atomic E-state index is 12.5. The van der Waals surface area contributed by atoms with E-state index in [-0.39, 0.29) is 17.6 Å². The second-order valence-electron chi connectivity index (χ2n) is 6.31. The van der Waals surface area contributed by atoms with Crippen molar-refractivity contribution in [2.75, 3.05) is 25.0 Å². The molecule has 0 aliphatic carbocycles. The molecule has 2 aromatic heterocycles. The van der Waals surface area contributed by atoms with Crippen LogP contribution in [-0.2, 0) is 4.79 Å². The number of rotatable bonds is 5. The molecule has 0 saturated carbocycles. The molecule has 1 unspecified atom stereocenters. The van der Waals surface area contributed by atoms with Crippen molar-refractivity contribution in [2.24, 2.45) is 5.92 Å². The summed E-state index contributed by atoms with van der Waals surface area (Å²) >= 11 is 1.41. The summed E-state index contributed by atoms with van der Waals surface area (Å²) in [5.41, 5.74) is 2.66. The van der Waals surface area contributed by atoms with Crippen LogP contribution in [0.1, 0.15) is 34.6 Å². The van der Waals surface area contributed by atoms with Gasteiger partial charge in [-0.1, -0.05) is 0 Å². The van der Waals surface area contributed by atoms with E-state index in [9.17, 15) is 9.59 Å². The molecule has 128 valence electrons. The molecule has 2 N–H and O–H groups in total. The van der Waals surface area contributed by atoms with Gasteiger partial charge in [-0.15, -0.1) is 11.3 Å². The van der Waals surface area contributed by atoms with Crippen molar-refractivity contribution in [3.63, 3.8) is 0 Å². The van der Waals surface area contributed by atoms with Crippen LogP contribution in [0.5, 0.6) is 0 Å². The van der Waals surface area contributed by atoms with Gasteiger partial charge in [0.2, 0.25) is 5.91 Å². The van der Waals surface area contributed by atoms with Gasteiger partial charge < -0.3 is 10.3 Å². The average molecular weight is 346 g/mol. The molecule has 1 atom stereocenters. The van der Waals surface area contributed by atoms with Crippen molar-refractivity contribution in [3.8, 4) is 0 Å². The first kappa shape index (κ1) is 16.9. The molecule has 7 heteroatoms. The molecule has 1 saturated heterocycles. The first-order chi connectivity index (χ1) is 11.5. The van der Waals surface area contributed by atoms with E-state index in [1.807, 2.05) is 25.3 Å². The number of anilines is 1. The third kappa shape index (κ3) is 3.91. The van der Waals surface area contributed by atoms with Crippen LogP contribution in [0.4, 0.5) is 5.13 Å². The number of likely N-dealkylation sites (tertiary alicyclic amines) is 1. The van der Waals surface area contributed by atoms with Gasteiger partial charge >= 0.3 is 0 Å². The number of piperidine rings is 1. The van der Waals surface area contributed by atoms with Gasteiger partial charge in [0.1, 0.15) is 0 Å². The Morgan fingerprint density at radius 1 is 1.46 bits per heavy atom. The van der Waals surface area contributed by atoms with Gasteiger partial charge in [0.25, 0.3) is 0 Å². The summed E-state index contributed by atoms with van der Waals surface area (Å²) in [6.07, 6.45) is 3.45. The number of ketones is 1. The fraction of sp³-hybridized carbons (Fsp3) is 0.471. The lowest BCUT2D eigenvalue weighted by molar-refractivity contribution is -0.121. The molecule has 3 rings (SSSR count). The van der Waals surface area contributed by atoms with E-state index in [1.165, 1.54) is 11.3 Å². The second-order valence-corrected chi connectivity index (χ2v) is 7.21. The monoisotopic (exact) mass is 346 g/mol. The summed E-state index contributed by atoms with van der Waals surface area (Å²) in [7, 11) is 0. The Labute approximate surface area is 145 Å². The van der Waals surface area contributed by atoms with Crippen LogP contribution in [0.15, 0.2) is 17.6 Å². The predicted octanol–water partition coefficient (Wildman–Crippen LogP) is 2.62. The Kier molecular flexibility index (Phi) is 5.11. The number of aromatic nitrogens is 2. The van der Waals surface area contributed by atoms with E-state index >= 15 is 0 Å². The van der Waals surface area contributed by atoms with Crippen LogP contribution in [0.3, 0.4) is 0 Å². The summed E-state index contributed by atoms with van der Waals surface area (Å²) in [4.78, 5) is 34.2. The van der Waals surface area contributed by atoms with Crippen molar-refractivity contribution in [2.45, 2.75) is 26.7 Å². The number of thiazole rings is 1. The molecule has 1 aliphatic rings. The van der Waals surface area contributed by atoms with Gasteiger partial charge in [0.05, 0.1) is 12.5 Å². The highest BCUT2D eigenvalue weighted by Gasteiger charge is 2.27. The third-order valence-corrected chi connectivity index (χ3v) is 5.04. The molecular formula is C17H22N4O2S. The number of H-pyrrole nitrogens is 1. The maximum Gasteiger partial charge on any atom is 0.230 e. The number of carbonyl (C=O) groups excluding carboxylic acids is 2. The minimum absolute atomic E-state index is 0.00392. The maximum absolute atomic E-state index is 12.5. The number of amides is 1. The van der Waals surface area contributed by atoms with Gasteiger partial charge in [0, 0.05) is 35.1 Å². The SMILES string of the molecule is Cc1cc(C(=O)CN2CCCC(C(=O)Nc3nccs3)C2)c(C)[nH]1. The molecule has 1 amide bonds. The molecule has 2 aromatic rings. The first-order valence-electron chi connectivity index (χ1n) is 8.15. The summed E-state index contributed by atoms with van der Waals surface area (Å²) < 4.78 is 0. The van der Waals surface area contributed by atoms with E-state index in [0.29, 0.717) is 18.2 Å². The van der Waals surface area contributed by atoms with Crippen LogP contribution in [0.2, 0.25) is 0 Å². The minimum atomic E-state index is -0.0930. The molecule has 24 heavy (non-hydrogen) atoms. The largest absolute Gasteiger partial charge is 0.362 e. The zero-order chi connectivity index (χ0) is 17.1. The van der Waals surface area contributed by atoms with E-state index in [0.717, 1.165) is 36.3 Å². The number of aryl methyl sites for hydroxylation is 2. The number of carbonyl (C=O) groups is 2. The zero-order valence-electron chi connectivity index (χ0n) is 14.0. The van der Waals surface area contributed by atoms with Crippen molar-refractivity contribution in [3.05, 3.63) is 34.6 Å². The lowest BCUT2D eigenvalue weighted by Crippen LogP contribution is -2.42. The van der Waals surface area contributed by atoms with E-state index in [2.05, 4.69) is 20.2 Å². The third-order valence-electron chi connectivity index (χ3n) is 4.36. The van der Waals surface area contributed by atoms with Crippen LogP contribution in [0, 0.1) is 19.8 Å². The quantitative estimate of drug-likeness (QED) is 0.816. The van der Waals surface area contributed by atoms with E-state index < -0.39 is 0 Å². The predicted molar refractivity (Wildman–Crippen MR) is 94.5 cm³/mol. The Hall–Kier alpha value is -1.99. The normalized spacial score (nSPS) is 18.5. The lowest BCUT2D eigenvalue weighted by atomic mass is 9.96. The van der Waals surface area contributed by atoms with Crippen molar-refractivity contribution >= 4 is 28.2 Å². The van der Waals surface area contributed by atoms with Gasteiger partial charge in [-0.2, -0.15) is 0 Å². The lowest BCUT2D eigenvalue weighted by Gasteiger charge is -2.31. The summed E-state index contributed by atoms with van der Waals surface area (Å²) in [5.74, 6) is 0.0121. The van der Waals surface area contributed by atoms with Gasteiger partial charge in [-0.05, 0) is 39.3 Å². The summed E-state index contributed by atoms with van der Waals surface area (Å²) in [6, 6.07) is 1.90. The Bertz CT molecular complexity index is 723.